The zero-order valence-electron chi connectivity index (χ0n) is 10.1. The molecule has 0 saturated carbocycles. The van der Waals surface area contributed by atoms with Crippen LogP contribution < -0.4 is 0 Å². The standard InChI is InChI=1S/C12H14N2O2S/c1-4-16-12(15)11-8(2)13-14(9(11)3)10-6-5-7-17-10/h5-7H,4H2,1-3H3. The van der Waals surface area contributed by atoms with Gasteiger partial charge < -0.3 is 4.74 Å². The molecule has 17 heavy (non-hydrogen) atoms. The molecule has 0 aliphatic heterocycles. The minimum atomic E-state index is -0.301. The number of thiophene rings is 1. The highest BCUT2D eigenvalue weighted by Gasteiger charge is 2.20. The number of nitrogens with zero attached hydrogens (tertiary/aromatic N) is 2. The topological polar surface area (TPSA) is 44.1 Å². The molecular formula is C12H14N2O2S. The van der Waals surface area contributed by atoms with Crippen molar-refractivity contribution in [1.82, 2.24) is 9.78 Å². The molecule has 2 heterocycles. The molecule has 2 aromatic rings. The van der Waals surface area contributed by atoms with E-state index in [9.17, 15) is 4.79 Å². The quantitative estimate of drug-likeness (QED) is 0.787. The highest BCUT2D eigenvalue weighted by molar-refractivity contribution is 7.12. The first-order chi connectivity index (χ1) is 8.15. The second-order valence-electron chi connectivity index (χ2n) is 3.63. The predicted molar refractivity (Wildman–Crippen MR) is 66.9 cm³/mol. The van der Waals surface area contributed by atoms with Gasteiger partial charge in [0.25, 0.3) is 0 Å². The van der Waals surface area contributed by atoms with Gasteiger partial charge in [-0.05, 0) is 38.3 Å². The number of carbonyl (C=O) groups excluding carboxylic acids is 1. The Bertz CT molecular complexity index is 529. The maximum absolute atomic E-state index is 11.8. The molecule has 0 aliphatic rings. The number of rotatable bonds is 3. The summed E-state index contributed by atoms with van der Waals surface area (Å²) in [5, 5.41) is 7.37. The van der Waals surface area contributed by atoms with Gasteiger partial charge in [0.15, 0.2) is 0 Å². The van der Waals surface area contributed by atoms with Crippen molar-refractivity contribution in [2.24, 2.45) is 0 Å². The van der Waals surface area contributed by atoms with Crippen molar-refractivity contribution in [3.05, 3.63) is 34.5 Å². The molecule has 0 unspecified atom stereocenters. The van der Waals surface area contributed by atoms with Crippen LogP contribution in [0, 0.1) is 13.8 Å². The highest BCUT2D eigenvalue weighted by Crippen LogP contribution is 2.21. The Morgan fingerprint density at radius 2 is 2.29 bits per heavy atom. The number of esters is 1. The van der Waals surface area contributed by atoms with Crippen molar-refractivity contribution in [2.75, 3.05) is 6.61 Å². The summed E-state index contributed by atoms with van der Waals surface area (Å²) in [5.74, 6) is -0.301. The van der Waals surface area contributed by atoms with Crippen LogP contribution >= 0.6 is 11.3 Å². The molecule has 0 spiro atoms. The van der Waals surface area contributed by atoms with Gasteiger partial charge in [0.1, 0.15) is 10.6 Å². The molecule has 0 N–H and O–H groups in total. The van der Waals surface area contributed by atoms with Gasteiger partial charge in [-0.25, -0.2) is 9.48 Å². The van der Waals surface area contributed by atoms with Gasteiger partial charge in [0, 0.05) is 0 Å². The molecule has 0 atom stereocenters. The van der Waals surface area contributed by atoms with Gasteiger partial charge >= 0.3 is 5.97 Å². The lowest BCUT2D eigenvalue weighted by atomic mass is 10.2. The van der Waals surface area contributed by atoms with Crippen molar-refractivity contribution in [3.8, 4) is 5.00 Å². The van der Waals surface area contributed by atoms with Gasteiger partial charge in [-0.2, -0.15) is 5.10 Å². The van der Waals surface area contributed by atoms with E-state index in [-0.39, 0.29) is 5.97 Å². The third kappa shape index (κ3) is 2.10. The van der Waals surface area contributed by atoms with Crippen molar-refractivity contribution < 1.29 is 9.53 Å². The molecule has 90 valence electrons. The number of aromatic nitrogens is 2. The third-order valence-electron chi connectivity index (χ3n) is 2.49. The molecule has 5 heteroatoms. The van der Waals surface area contributed by atoms with E-state index in [1.54, 1.807) is 22.9 Å². The fourth-order valence-electron chi connectivity index (χ4n) is 1.75. The fraction of sp³-hybridized carbons (Fsp3) is 0.333. The molecular weight excluding hydrogens is 236 g/mol. The lowest BCUT2D eigenvalue weighted by Gasteiger charge is -2.02. The van der Waals surface area contributed by atoms with Crippen LogP contribution in [0.5, 0.6) is 0 Å². The number of hydrogen-bond donors (Lipinski definition) is 0. The Balaban J connectivity index is 2.46. The molecule has 0 aromatic carbocycles. The first kappa shape index (κ1) is 11.9. The monoisotopic (exact) mass is 250 g/mol. The van der Waals surface area contributed by atoms with Gasteiger partial charge in [0.05, 0.1) is 18.0 Å². The number of hydrogen-bond acceptors (Lipinski definition) is 4. The van der Waals surface area contributed by atoms with Crippen molar-refractivity contribution in [1.29, 1.82) is 0 Å². The van der Waals surface area contributed by atoms with E-state index in [0.29, 0.717) is 17.9 Å². The van der Waals surface area contributed by atoms with Crippen LogP contribution in [0.3, 0.4) is 0 Å². The van der Waals surface area contributed by atoms with Crippen LogP contribution in [-0.4, -0.2) is 22.4 Å². The predicted octanol–water partition coefficient (Wildman–Crippen LogP) is 2.73. The molecule has 0 bridgehead atoms. The second kappa shape index (κ2) is 4.71. The third-order valence-corrected chi connectivity index (χ3v) is 3.33. The fourth-order valence-corrected chi connectivity index (χ4v) is 2.48. The smallest absolute Gasteiger partial charge is 0.341 e. The van der Waals surface area contributed by atoms with Crippen LogP contribution in [0.15, 0.2) is 17.5 Å². The van der Waals surface area contributed by atoms with Crippen LogP contribution in [0.1, 0.15) is 28.7 Å². The number of ether oxygens (including phenoxy) is 1. The van der Waals surface area contributed by atoms with Gasteiger partial charge in [-0.15, -0.1) is 11.3 Å². The normalized spacial score (nSPS) is 10.5. The summed E-state index contributed by atoms with van der Waals surface area (Å²) >= 11 is 1.59. The summed E-state index contributed by atoms with van der Waals surface area (Å²) in [6.07, 6.45) is 0. The molecule has 0 fully saturated rings. The first-order valence-electron chi connectivity index (χ1n) is 5.42. The largest absolute Gasteiger partial charge is 0.462 e. The number of carbonyl (C=O) groups is 1. The average molecular weight is 250 g/mol. The summed E-state index contributed by atoms with van der Waals surface area (Å²) in [7, 11) is 0. The Morgan fingerprint density at radius 3 is 2.88 bits per heavy atom. The zero-order valence-corrected chi connectivity index (χ0v) is 10.9. The van der Waals surface area contributed by atoms with Crippen LogP contribution in [0.4, 0.5) is 0 Å². The zero-order chi connectivity index (χ0) is 12.4. The Kier molecular flexibility index (Phi) is 3.28. The summed E-state index contributed by atoms with van der Waals surface area (Å²) in [5.41, 5.74) is 2.10. The van der Waals surface area contributed by atoms with E-state index in [0.717, 1.165) is 10.7 Å². The maximum atomic E-state index is 11.8. The Morgan fingerprint density at radius 1 is 1.53 bits per heavy atom. The highest BCUT2D eigenvalue weighted by atomic mass is 32.1. The minimum absolute atomic E-state index is 0.301. The van der Waals surface area contributed by atoms with Crippen molar-refractivity contribution >= 4 is 17.3 Å². The molecule has 0 saturated heterocycles. The van der Waals surface area contributed by atoms with Crippen LogP contribution in [0.2, 0.25) is 0 Å². The molecule has 2 aromatic heterocycles. The van der Waals surface area contributed by atoms with Crippen molar-refractivity contribution in [3.63, 3.8) is 0 Å². The van der Waals surface area contributed by atoms with Gasteiger partial charge in [-0.3, -0.25) is 0 Å². The van der Waals surface area contributed by atoms with Gasteiger partial charge in [-0.1, -0.05) is 0 Å². The van der Waals surface area contributed by atoms with E-state index in [4.69, 9.17) is 4.74 Å². The van der Waals surface area contributed by atoms with E-state index >= 15 is 0 Å². The maximum Gasteiger partial charge on any atom is 0.341 e. The Labute approximate surface area is 104 Å². The second-order valence-corrected chi connectivity index (χ2v) is 4.56. The SMILES string of the molecule is CCOC(=O)c1c(C)nn(-c2cccs2)c1C. The van der Waals surface area contributed by atoms with Crippen LogP contribution in [-0.2, 0) is 4.74 Å². The lowest BCUT2D eigenvalue weighted by molar-refractivity contribution is 0.0524. The van der Waals surface area contributed by atoms with E-state index in [1.165, 1.54) is 0 Å². The lowest BCUT2D eigenvalue weighted by Crippen LogP contribution is -2.07. The molecule has 0 aliphatic carbocycles. The first-order valence-corrected chi connectivity index (χ1v) is 6.30. The van der Waals surface area contributed by atoms with Gasteiger partial charge in [0.2, 0.25) is 0 Å². The van der Waals surface area contributed by atoms with E-state index in [2.05, 4.69) is 5.10 Å². The number of aryl methyl sites for hydroxylation is 1. The van der Waals surface area contributed by atoms with E-state index in [1.807, 2.05) is 31.4 Å². The summed E-state index contributed by atoms with van der Waals surface area (Å²) in [6.45, 7) is 5.88. The van der Waals surface area contributed by atoms with Crippen molar-refractivity contribution in [2.45, 2.75) is 20.8 Å². The summed E-state index contributed by atoms with van der Waals surface area (Å²) in [4.78, 5) is 11.8. The molecule has 4 nitrogen and oxygen atoms in total. The molecule has 0 radical (unpaired) electrons. The molecule has 2 rings (SSSR count). The molecule has 0 amide bonds. The summed E-state index contributed by atoms with van der Waals surface area (Å²) < 4.78 is 6.82. The minimum Gasteiger partial charge on any atom is -0.462 e. The van der Waals surface area contributed by atoms with E-state index < -0.39 is 0 Å². The summed E-state index contributed by atoms with van der Waals surface area (Å²) in [6, 6.07) is 3.93. The Hall–Kier alpha value is -1.62. The average Bonchev–Trinajstić information content (AvgIpc) is 2.87. The van der Waals surface area contributed by atoms with Crippen LogP contribution in [0.25, 0.3) is 5.00 Å².